The summed E-state index contributed by atoms with van der Waals surface area (Å²) in [7, 11) is 0. The number of thioether (sulfide) groups is 1. The van der Waals surface area contributed by atoms with Crippen LogP contribution >= 0.6 is 23.1 Å². The van der Waals surface area contributed by atoms with Crippen LogP contribution in [0.2, 0.25) is 0 Å². The Hall–Kier alpha value is -1.36. The Morgan fingerprint density at radius 2 is 1.95 bits per heavy atom. The highest BCUT2D eigenvalue weighted by Crippen LogP contribution is 2.31. The Morgan fingerprint density at radius 3 is 2.80 bits per heavy atom. The molecule has 3 aromatic rings. The van der Waals surface area contributed by atoms with Crippen molar-refractivity contribution in [3.8, 4) is 0 Å². The molecule has 20 heavy (non-hydrogen) atoms. The van der Waals surface area contributed by atoms with E-state index in [2.05, 4.69) is 23.6 Å². The Bertz CT molecular complexity index is 723. The van der Waals surface area contributed by atoms with Gasteiger partial charge in [-0.3, -0.25) is 0 Å². The molecule has 4 heteroatoms. The molecular weight excluding hydrogens is 289 g/mol. The van der Waals surface area contributed by atoms with Crippen LogP contribution in [0.5, 0.6) is 0 Å². The van der Waals surface area contributed by atoms with E-state index < -0.39 is 0 Å². The summed E-state index contributed by atoms with van der Waals surface area (Å²) in [5.74, 6) is 0.483. The van der Waals surface area contributed by atoms with Crippen molar-refractivity contribution in [2.75, 3.05) is 5.75 Å². The summed E-state index contributed by atoms with van der Waals surface area (Å²) in [5, 5.41) is 3.30. The number of benzene rings is 2. The molecule has 1 aromatic heterocycles. The Balaban J connectivity index is 1.78. The van der Waals surface area contributed by atoms with Crippen molar-refractivity contribution in [3.63, 3.8) is 0 Å². The zero-order valence-electron chi connectivity index (χ0n) is 10.8. The highest BCUT2D eigenvalue weighted by Gasteiger charge is 2.12. The van der Waals surface area contributed by atoms with Gasteiger partial charge in [-0.25, -0.2) is 4.39 Å². The number of hydrogen-bond acceptors (Lipinski definition) is 3. The summed E-state index contributed by atoms with van der Waals surface area (Å²) >= 11 is 3.17. The van der Waals surface area contributed by atoms with E-state index in [1.807, 2.05) is 12.1 Å². The monoisotopic (exact) mass is 303 g/mol. The van der Waals surface area contributed by atoms with Gasteiger partial charge in [0.25, 0.3) is 0 Å². The summed E-state index contributed by atoms with van der Waals surface area (Å²) in [6.07, 6.45) is 0. The molecule has 0 saturated heterocycles. The zero-order valence-corrected chi connectivity index (χ0v) is 12.4. The van der Waals surface area contributed by atoms with Crippen LogP contribution in [-0.2, 0) is 0 Å². The molecule has 0 aliphatic heterocycles. The van der Waals surface area contributed by atoms with Gasteiger partial charge in [-0.1, -0.05) is 30.3 Å². The van der Waals surface area contributed by atoms with Gasteiger partial charge in [0.15, 0.2) is 0 Å². The molecule has 0 saturated carbocycles. The number of rotatable bonds is 4. The Labute approximate surface area is 125 Å². The van der Waals surface area contributed by atoms with Crippen LogP contribution in [0.3, 0.4) is 0 Å². The summed E-state index contributed by atoms with van der Waals surface area (Å²) in [6.45, 7) is 0. The van der Waals surface area contributed by atoms with Gasteiger partial charge in [0.05, 0.1) is 0 Å². The largest absolute Gasteiger partial charge is 0.323 e. The number of nitrogens with two attached hydrogens (primary N) is 1. The summed E-state index contributed by atoms with van der Waals surface area (Å²) in [5.41, 5.74) is 7.42. The number of halogens is 1. The minimum Gasteiger partial charge on any atom is -0.323 e. The van der Waals surface area contributed by atoms with E-state index in [-0.39, 0.29) is 11.9 Å². The third kappa shape index (κ3) is 2.73. The van der Waals surface area contributed by atoms with Crippen LogP contribution in [0.4, 0.5) is 4.39 Å². The fourth-order valence-electron chi connectivity index (χ4n) is 2.14. The predicted molar refractivity (Wildman–Crippen MR) is 85.9 cm³/mol. The first-order chi connectivity index (χ1) is 9.75. The zero-order chi connectivity index (χ0) is 13.9. The van der Waals surface area contributed by atoms with E-state index in [1.54, 1.807) is 23.5 Å². The lowest BCUT2D eigenvalue weighted by molar-refractivity contribution is 0.602. The third-order valence-electron chi connectivity index (χ3n) is 3.16. The minimum absolute atomic E-state index is 0.0954. The molecular formula is C16H14FNS2. The van der Waals surface area contributed by atoms with Crippen LogP contribution in [-0.4, -0.2) is 5.75 Å². The molecule has 102 valence electrons. The van der Waals surface area contributed by atoms with Crippen LogP contribution in [0.1, 0.15) is 11.6 Å². The van der Waals surface area contributed by atoms with E-state index in [9.17, 15) is 4.39 Å². The third-order valence-corrected chi connectivity index (χ3v) is 5.31. The highest BCUT2D eigenvalue weighted by atomic mass is 32.2. The second-order valence-corrected chi connectivity index (χ2v) is 6.51. The number of hydrogen-bond donors (Lipinski definition) is 1. The smallest absolute Gasteiger partial charge is 0.136 e. The minimum atomic E-state index is -0.181. The summed E-state index contributed by atoms with van der Waals surface area (Å²) < 4.78 is 14.8. The maximum Gasteiger partial charge on any atom is 0.136 e. The molecule has 1 unspecified atom stereocenters. The van der Waals surface area contributed by atoms with Crippen molar-refractivity contribution in [3.05, 3.63) is 65.3 Å². The average Bonchev–Trinajstić information content (AvgIpc) is 2.94. The Morgan fingerprint density at radius 1 is 1.10 bits per heavy atom. The highest BCUT2D eigenvalue weighted by molar-refractivity contribution is 7.99. The molecule has 1 nitrogen and oxygen atoms in total. The standard InChI is InChI=1S/C16H14FNS2/c17-13-6-1-2-7-15(13)20-10-14(18)12-5-3-4-11-8-9-19-16(11)12/h1-9,14H,10,18H2. The van der Waals surface area contributed by atoms with E-state index in [4.69, 9.17) is 5.73 Å². The van der Waals surface area contributed by atoms with Crippen LogP contribution in [0.15, 0.2) is 58.8 Å². The summed E-state index contributed by atoms with van der Waals surface area (Å²) in [4.78, 5) is 0.654. The molecule has 0 aliphatic rings. The quantitative estimate of drug-likeness (QED) is 0.698. The van der Waals surface area contributed by atoms with Crippen molar-refractivity contribution >= 4 is 33.2 Å². The van der Waals surface area contributed by atoms with Gasteiger partial charge in [-0.05, 0) is 34.5 Å². The van der Waals surface area contributed by atoms with Gasteiger partial charge in [-0.2, -0.15) is 0 Å². The van der Waals surface area contributed by atoms with E-state index in [0.717, 1.165) is 5.56 Å². The van der Waals surface area contributed by atoms with Gasteiger partial charge < -0.3 is 5.73 Å². The van der Waals surface area contributed by atoms with Gasteiger partial charge in [0.1, 0.15) is 5.82 Å². The van der Waals surface area contributed by atoms with E-state index in [0.29, 0.717) is 10.6 Å². The average molecular weight is 303 g/mol. The van der Waals surface area contributed by atoms with E-state index >= 15 is 0 Å². The molecule has 1 atom stereocenters. The fourth-order valence-corrected chi connectivity index (χ4v) is 4.04. The molecule has 0 spiro atoms. The first-order valence-electron chi connectivity index (χ1n) is 6.35. The molecule has 2 N–H and O–H groups in total. The first kappa shape index (κ1) is 13.6. The van der Waals surface area contributed by atoms with Crippen LogP contribution < -0.4 is 5.73 Å². The van der Waals surface area contributed by atoms with Gasteiger partial charge in [0.2, 0.25) is 0 Å². The van der Waals surface area contributed by atoms with Crippen LogP contribution in [0, 0.1) is 5.82 Å². The molecule has 0 bridgehead atoms. The normalized spacial score (nSPS) is 12.7. The molecule has 1 heterocycles. The first-order valence-corrected chi connectivity index (χ1v) is 8.21. The summed E-state index contributed by atoms with van der Waals surface area (Å²) in [6, 6.07) is 15.0. The molecule has 0 aliphatic carbocycles. The SMILES string of the molecule is NC(CSc1ccccc1F)c1cccc2ccsc12. The molecule has 0 fully saturated rings. The lowest BCUT2D eigenvalue weighted by atomic mass is 10.1. The van der Waals surface area contributed by atoms with Crippen LogP contribution in [0.25, 0.3) is 10.1 Å². The van der Waals surface area contributed by atoms with E-state index in [1.165, 1.54) is 27.9 Å². The molecule has 3 rings (SSSR count). The maximum atomic E-state index is 13.6. The number of fused-ring (bicyclic) bond motifs is 1. The number of thiophene rings is 1. The maximum absolute atomic E-state index is 13.6. The second kappa shape index (κ2) is 5.95. The lowest BCUT2D eigenvalue weighted by Crippen LogP contribution is -2.13. The second-order valence-electron chi connectivity index (χ2n) is 4.53. The van der Waals surface area contributed by atoms with Crippen molar-refractivity contribution in [1.29, 1.82) is 0 Å². The predicted octanol–water partition coefficient (Wildman–Crippen LogP) is 4.83. The molecule has 2 aromatic carbocycles. The van der Waals surface area contributed by atoms with Gasteiger partial charge in [0, 0.05) is 21.4 Å². The van der Waals surface area contributed by atoms with Gasteiger partial charge >= 0.3 is 0 Å². The Kier molecular flexibility index (Phi) is 4.05. The van der Waals surface area contributed by atoms with Crippen molar-refractivity contribution in [2.24, 2.45) is 5.73 Å². The fraction of sp³-hybridized carbons (Fsp3) is 0.125. The van der Waals surface area contributed by atoms with Crippen molar-refractivity contribution in [2.45, 2.75) is 10.9 Å². The topological polar surface area (TPSA) is 26.0 Å². The van der Waals surface area contributed by atoms with Crippen molar-refractivity contribution < 1.29 is 4.39 Å². The molecule has 0 radical (unpaired) electrons. The van der Waals surface area contributed by atoms with Crippen molar-refractivity contribution in [1.82, 2.24) is 0 Å². The van der Waals surface area contributed by atoms with Gasteiger partial charge in [-0.15, -0.1) is 23.1 Å². The lowest BCUT2D eigenvalue weighted by Gasteiger charge is -2.13. The molecule has 0 amide bonds.